The van der Waals surface area contributed by atoms with Crippen molar-refractivity contribution in [2.24, 2.45) is 11.3 Å². The van der Waals surface area contributed by atoms with Gasteiger partial charge in [-0.05, 0) is 36.8 Å². The third-order valence-corrected chi connectivity index (χ3v) is 9.60. The van der Waals surface area contributed by atoms with Crippen LogP contribution in [0.2, 0.25) is 0 Å². The summed E-state index contributed by atoms with van der Waals surface area (Å²) in [7, 11) is -1.42. The maximum absolute atomic E-state index is 13.3. The van der Waals surface area contributed by atoms with Crippen LogP contribution in [0.5, 0.6) is 0 Å². The lowest BCUT2D eigenvalue weighted by atomic mass is 9.76. The SMILES string of the molecule is CN1CCN(C(=O)C2CN(S(=O)(=O)c3cccs3)CC23CCCC3)CC1. The Kier molecular flexibility index (Phi) is 4.88. The van der Waals surface area contributed by atoms with E-state index < -0.39 is 10.0 Å². The summed E-state index contributed by atoms with van der Waals surface area (Å²) < 4.78 is 28.0. The van der Waals surface area contributed by atoms with Gasteiger partial charge >= 0.3 is 0 Å². The van der Waals surface area contributed by atoms with Crippen LogP contribution in [0.1, 0.15) is 25.7 Å². The second-order valence-electron chi connectivity index (χ2n) is 7.98. The van der Waals surface area contributed by atoms with Crippen molar-refractivity contribution in [3.8, 4) is 0 Å². The van der Waals surface area contributed by atoms with Crippen LogP contribution in [-0.2, 0) is 14.8 Å². The zero-order chi connectivity index (χ0) is 18.4. The second kappa shape index (κ2) is 6.89. The molecule has 1 aliphatic carbocycles. The molecule has 1 saturated carbocycles. The van der Waals surface area contributed by atoms with E-state index in [0.29, 0.717) is 17.3 Å². The van der Waals surface area contributed by atoms with E-state index in [0.717, 1.165) is 51.9 Å². The summed E-state index contributed by atoms with van der Waals surface area (Å²) in [6.45, 7) is 4.12. The molecule has 1 unspecified atom stereocenters. The third kappa shape index (κ3) is 3.10. The van der Waals surface area contributed by atoms with Crippen LogP contribution >= 0.6 is 11.3 Å². The van der Waals surface area contributed by atoms with Crippen LogP contribution < -0.4 is 0 Å². The molecule has 1 amide bonds. The molecule has 4 rings (SSSR count). The van der Waals surface area contributed by atoms with E-state index in [9.17, 15) is 13.2 Å². The van der Waals surface area contributed by atoms with Crippen molar-refractivity contribution in [2.45, 2.75) is 29.9 Å². The molecule has 1 atom stereocenters. The molecule has 0 bridgehead atoms. The molecule has 26 heavy (non-hydrogen) atoms. The van der Waals surface area contributed by atoms with Crippen molar-refractivity contribution in [3.63, 3.8) is 0 Å². The van der Waals surface area contributed by atoms with Crippen molar-refractivity contribution in [1.29, 1.82) is 0 Å². The number of hydrogen-bond acceptors (Lipinski definition) is 5. The average Bonchev–Trinajstić information content (AvgIpc) is 3.37. The first-order valence-corrected chi connectivity index (χ1v) is 11.8. The first kappa shape index (κ1) is 18.4. The number of hydrogen-bond donors (Lipinski definition) is 0. The minimum absolute atomic E-state index is 0.162. The Balaban J connectivity index is 1.58. The molecule has 8 heteroatoms. The molecule has 1 spiro atoms. The predicted molar refractivity (Wildman–Crippen MR) is 102 cm³/mol. The lowest BCUT2D eigenvalue weighted by molar-refractivity contribution is -0.139. The predicted octanol–water partition coefficient (Wildman–Crippen LogP) is 1.70. The molecule has 3 aliphatic rings. The number of rotatable bonds is 3. The number of amides is 1. The lowest BCUT2D eigenvalue weighted by Gasteiger charge is -2.37. The van der Waals surface area contributed by atoms with Gasteiger partial charge in [0, 0.05) is 39.3 Å². The summed E-state index contributed by atoms with van der Waals surface area (Å²) >= 11 is 1.26. The fraction of sp³-hybridized carbons (Fsp3) is 0.722. The fourth-order valence-electron chi connectivity index (χ4n) is 4.82. The highest BCUT2D eigenvalue weighted by Gasteiger charge is 2.55. The van der Waals surface area contributed by atoms with Gasteiger partial charge in [0.1, 0.15) is 4.21 Å². The van der Waals surface area contributed by atoms with Gasteiger partial charge in [-0.15, -0.1) is 11.3 Å². The van der Waals surface area contributed by atoms with E-state index >= 15 is 0 Å². The minimum atomic E-state index is -3.49. The van der Waals surface area contributed by atoms with Crippen molar-refractivity contribution >= 4 is 27.3 Å². The van der Waals surface area contributed by atoms with Crippen molar-refractivity contribution in [2.75, 3.05) is 46.3 Å². The number of piperazine rings is 1. The number of carbonyl (C=O) groups excluding carboxylic acids is 1. The maximum atomic E-state index is 13.3. The van der Waals surface area contributed by atoms with Gasteiger partial charge in [-0.25, -0.2) is 8.42 Å². The largest absolute Gasteiger partial charge is 0.340 e. The second-order valence-corrected chi connectivity index (χ2v) is 11.1. The topological polar surface area (TPSA) is 60.9 Å². The molecule has 2 aliphatic heterocycles. The van der Waals surface area contributed by atoms with Crippen LogP contribution in [-0.4, -0.2) is 74.7 Å². The average molecular weight is 398 g/mol. The molecule has 0 aromatic carbocycles. The van der Waals surface area contributed by atoms with Crippen molar-refractivity contribution in [1.82, 2.24) is 14.1 Å². The van der Waals surface area contributed by atoms with Gasteiger partial charge < -0.3 is 9.80 Å². The Labute approximate surface area is 159 Å². The van der Waals surface area contributed by atoms with E-state index in [-0.39, 0.29) is 17.2 Å². The van der Waals surface area contributed by atoms with E-state index in [1.165, 1.54) is 11.3 Å². The van der Waals surface area contributed by atoms with Gasteiger partial charge in [0.2, 0.25) is 5.91 Å². The number of likely N-dealkylation sites (N-methyl/N-ethyl adjacent to an activating group) is 1. The van der Waals surface area contributed by atoms with Crippen LogP contribution in [0.15, 0.2) is 21.7 Å². The molecule has 0 radical (unpaired) electrons. The van der Waals surface area contributed by atoms with E-state index in [1.54, 1.807) is 21.8 Å². The molecule has 6 nitrogen and oxygen atoms in total. The number of nitrogens with zero attached hydrogens (tertiary/aromatic N) is 3. The van der Waals surface area contributed by atoms with Crippen LogP contribution in [0.3, 0.4) is 0 Å². The summed E-state index contributed by atoms with van der Waals surface area (Å²) in [5.74, 6) is -0.0213. The van der Waals surface area contributed by atoms with E-state index in [4.69, 9.17) is 0 Å². The Bertz CT molecular complexity index is 749. The van der Waals surface area contributed by atoms with Gasteiger partial charge in [0.25, 0.3) is 10.0 Å². The lowest BCUT2D eigenvalue weighted by Crippen LogP contribution is -2.51. The Morgan fingerprint density at radius 1 is 1.19 bits per heavy atom. The van der Waals surface area contributed by atoms with Gasteiger partial charge in [-0.1, -0.05) is 18.9 Å². The summed E-state index contributed by atoms with van der Waals surface area (Å²) in [6, 6.07) is 3.43. The molecule has 144 valence electrons. The van der Waals surface area contributed by atoms with Crippen molar-refractivity contribution < 1.29 is 13.2 Å². The zero-order valence-corrected chi connectivity index (χ0v) is 16.9. The summed E-state index contributed by atoms with van der Waals surface area (Å²) in [5.41, 5.74) is -0.162. The summed E-state index contributed by atoms with van der Waals surface area (Å²) in [6.07, 6.45) is 4.13. The van der Waals surface area contributed by atoms with Crippen LogP contribution in [0.4, 0.5) is 0 Å². The third-order valence-electron chi connectivity index (χ3n) is 6.42. The minimum Gasteiger partial charge on any atom is -0.340 e. The fourth-order valence-corrected chi connectivity index (χ4v) is 7.51. The monoisotopic (exact) mass is 397 g/mol. The van der Waals surface area contributed by atoms with Gasteiger partial charge in [0.15, 0.2) is 0 Å². The smallest absolute Gasteiger partial charge is 0.252 e. The summed E-state index contributed by atoms with van der Waals surface area (Å²) in [5, 5.41) is 1.79. The Hall–Kier alpha value is -0.960. The summed E-state index contributed by atoms with van der Waals surface area (Å²) in [4.78, 5) is 17.5. The number of sulfonamides is 1. The van der Waals surface area contributed by atoms with E-state index in [2.05, 4.69) is 11.9 Å². The van der Waals surface area contributed by atoms with Crippen LogP contribution in [0.25, 0.3) is 0 Å². The molecule has 0 N–H and O–H groups in total. The molecule has 1 aromatic heterocycles. The highest BCUT2D eigenvalue weighted by Crippen LogP contribution is 2.51. The molecule has 2 saturated heterocycles. The van der Waals surface area contributed by atoms with Crippen LogP contribution in [0, 0.1) is 11.3 Å². The molecule has 1 aromatic rings. The van der Waals surface area contributed by atoms with E-state index in [1.807, 2.05) is 4.90 Å². The van der Waals surface area contributed by atoms with Gasteiger partial charge in [-0.2, -0.15) is 4.31 Å². The highest BCUT2D eigenvalue weighted by atomic mass is 32.2. The molecular formula is C18H27N3O3S2. The maximum Gasteiger partial charge on any atom is 0.252 e. The van der Waals surface area contributed by atoms with Gasteiger partial charge in [-0.3, -0.25) is 4.79 Å². The molecule has 3 fully saturated rings. The standard InChI is InChI=1S/C18H27N3O3S2/c1-19-8-10-20(11-9-19)17(22)15-13-21(14-18(15)6-2-3-7-18)26(23,24)16-5-4-12-25-16/h4-5,12,15H,2-3,6-11,13-14H2,1H3. The van der Waals surface area contributed by atoms with Crippen molar-refractivity contribution in [3.05, 3.63) is 17.5 Å². The first-order valence-electron chi connectivity index (χ1n) is 9.43. The Morgan fingerprint density at radius 2 is 1.88 bits per heavy atom. The van der Waals surface area contributed by atoms with Gasteiger partial charge in [0.05, 0.1) is 5.92 Å². The molecule has 3 heterocycles. The highest BCUT2D eigenvalue weighted by molar-refractivity contribution is 7.91. The quantitative estimate of drug-likeness (QED) is 0.779. The normalized spacial score (nSPS) is 27.4. The number of carbonyl (C=O) groups is 1. The zero-order valence-electron chi connectivity index (χ0n) is 15.3. The Morgan fingerprint density at radius 3 is 2.50 bits per heavy atom. The number of thiophene rings is 1. The molecular weight excluding hydrogens is 370 g/mol. The first-order chi connectivity index (χ1) is 12.4.